The number of para-hydroxylation sites is 1. The van der Waals surface area contributed by atoms with Gasteiger partial charge in [-0.25, -0.2) is 4.98 Å². The van der Waals surface area contributed by atoms with Gasteiger partial charge in [0.05, 0.1) is 25.9 Å². The van der Waals surface area contributed by atoms with Gasteiger partial charge < -0.3 is 9.47 Å². The van der Waals surface area contributed by atoms with E-state index in [9.17, 15) is 0 Å². The smallest absolute Gasteiger partial charge is 0.221 e. The summed E-state index contributed by atoms with van der Waals surface area (Å²) in [7, 11) is 3.25. The maximum absolute atomic E-state index is 5.42. The van der Waals surface area contributed by atoms with Crippen molar-refractivity contribution in [2.45, 2.75) is 0 Å². The summed E-state index contributed by atoms with van der Waals surface area (Å²) < 4.78 is 10.8. The average molecular weight is 266 g/mol. The predicted octanol–water partition coefficient (Wildman–Crippen LogP) is 3.31. The highest BCUT2D eigenvalue weighted by Crippen LogP contribution is 2.36. The van der Waals surface area contributed by atoms with Crippen LogP contribution in [0.15, 0.2) is 48.8 Å². The van der Waals surface area contributed by atoms with Gasteiger partial charge in [-0.05, 0) is 18.2 Å². The Morgan fingerprint density at radius 1 is 0.950 bits per heavy atom. The summed E-state index contributed by atoms with van der Waals surface area (Å²) in [5, 5.41) is 1.06. The van der Waals surface area contributed by atoms with Crippen molar-refractivity contribution < 1.29 is 9.47 Å². The van der Waals surface area contributed by atoms with Crippen LogP contribution in [0.4, 0.5) is 0 Å². The van der Waals surface area contributed by atoms with Gasteiger partial charge in [-0.2, -0.15) is 0 Å². The van der Waals surface area contributed by atoms with Crippen LogP contribution in [0.2, 0.25) is 0 Å². The van der Waals surface area contributed by atoms with Crippen LogP contribution in [0.25, 0.3) is 22.0 Å². The first-order valence-corrected chi connectivity index (χ1v) is 6.25. The number of methoxy groups -OCH3 is 2. The summed E-state index contributed by atoms with van der Waals surface area (Å²) in [6.07, 6.45) is 3.41. The number of hydrogen-bond acceptors (Lipinski definition) is 4. The molecule has 0 unspecified atom stereocenters. The second kappa shape index (κ2) is 5.17. The SMILES string of the molecule is COc1cnccc1-c1cc2ccccc2nc1OC. The molecule has 0 aliphatic heterocycles. The molecule has 3 aromatic rings. The van der Waals surface area contributed by atoms with E-state index in [4.69, 9.17) is 9.47 Å². The van der Waals surface area contributed by atoms with Gasteiger partial charge in [0.25, 0.3) is 0 Å². The predicted molar refractivity (Wildman–Crippen MR) is 78.1 cm³/mol. The lowest BCUT2D eigenvalue weighted by molar-refractivity contribution is 0.399. The Hall–Kier alpha value is -2.62. The van der Waals surface area contributed by atoms with Crippen LogP contribution in [0.1, 0.15) is 0 Å². The molecular weight excluding hydrogens is 252 g/mol. The molecule has 0 bridgehead atoms. The van der Waals surface area contributed by atoms with E-state index in [0.29, 0.717) is 11.6 Å². The summed E-state index contributed by atoms with van der Waals surface area (Å²) >= 11 is 0. The molecule has 0 atom stereocenters. The van der Waals surface area contributed by atoms with Crippen molar-refractivity contribution in [3.8, 4) is 22.8 Å². The zero-order valence-electron chi connectivity index (χ0n) is 11.3. The van der Waals surface area contributed by atoms with Crippen molar-refractivity contribution in [1.29, 1.82) is 0 Å². The number of pyridine rings is 2. The minimum atomic E-state index is 0.577. The first-order chi connectivity index (χ1) is 9.83. The Balaban J connectivity index is 2.29. The van der Waals surface area contributed by atoms with Gasteiger partial charge in [0.2, 0.25) is 5.88 Å². The molecule has 0 radical (unpaired) electrons. The number of ether oxygens (including phenoxy) is 2. The highest BCUT2D eigenvalue weighted by molar-refractivity contribution is 5.87. The second-order valence-electron chi connectivity index (χ2n) is 4.31. The molecule has 3 rings (SSSR count). The van der Waals surface area contributed by atoms with E-state index in [1.54, 1.807) is 26.6 Å². The Morgan fingerprint density at radius 2 is 1.80 bits per heavy atom. The number of rotatable bonds is 3. The molecular formula is C16H14N2O2. The van der Waals surface area contributed by atoms with Gasteiger partial charge in [0, 0.05) is 22.7 Å². The molecule has 1 aromatic carbocycles. The summed E-state index contributed by atoms with van der Waals surface area (Å²) in [6, 6.07) is 11.9. The molecule has 0 spiro atoms. The fourth-order valence-corrected chi connectivity index (χ4v) is 2.21. The average Bonchev–Trinajstić information content (AvgIpc) is 2.53. The van der Waals surface area contributed by atoms with Gasteiger partial charge in [-0.15, -0.1) is 0 Å². The molecule has 100 valence electrons. The van der Waals surface area contributed by atoms with E-state index in [1.807, 2.05) is 30.3 Å². The van der Waals surface area contributed by atoms with Crippen molar-refractivity contribution in [2.24, 2.45) is 0 Å². The Labute approximate surface area is 117 Å². The Bertz CT molecular complexity index is 756. The molecule has 0 fully saturated rings. The largest absolute Gasteiger partial charge is 0.494 e. The van der Waals surface area contributed by atoms with Crippen LogP contribution < -0.4 is 9.47 Å². The summed E-state index contributed by atoms with van der Waals surface area (Å²) in [4.78, 5) is 8.62. The minimum Gasteiger partial charge on any atom is -0.494 e. The number of hydrogen-bond donors (Lipinski definition) is 0. The van der Waals surface area contributed by atoms with Gasteiger partial charge in [0.1, 0.15) is 5.75 Å². The first-order valence-electron chi connectivity index (χ1n) is 6.25. The van der Waals surface area contributed by atoms with Crippen LogP contribution in [-0.4, -0.2) is 24.2 Å². The highest BCUT2D eigenvalue weighted by Gasteiger charge is 2.13. The van der Waals surface area contributed by atoms with Gasteiger partial charge in [0.15, 0.2) is 0 Å². The van der Waals surface area contributed by atoms with Crippen LogP contribution in [0.3, 0.4) is 0 Å². The number of aromatic nitrogens is 2. The third kappa shape index (κ3) is 2.05. The molecule has 4 nitrogen and oxygen atoms in total. The molecule has 0 saturated heterocycles. The zero-order valence-corrected chi connectivity index (χ0v) is 11.3. The monoisotopic (exact) mass is 266 g/mol. The lowest BCUT2D eigenvalue weighted by atomic mass is 10.0. The van der Waals surface area contributed by atoms with E-state index >= 15 is 0 Å². The second-order valence-corrected chi connectivity index (χ2v) is 4.31. The van der Waals surface area contributed by atoms with E-state index in [0.717, 1.165) is 22.0 Å². The lowest BCUT2D eigenvalue weighted by Crippen LogP contribution is -1.95. The molecule has 0 amide bonds. The van der Waals surface area contributed by atoms with E-state index in [2.05, 4.69) is 16.0 Å². The van der Waals surface area contributed by atoms with Crippen molar-refractivity contribution >= 4 is 10.9 Å². The Kier molecular flexibility index (Phi) is 3.21. The summed E-state index contributed by atoms with van der Waals surface area (Å²) in [5.74, 6) is 1.27. The molecule has 0 aliphatic rings. The van der Waals surface area contributed by atoms with Gasteiger partial charge in [-0.3, -0.25) is 4.98 Å². The maximum Gasteiger partial charge on any atom is 0.221 e. The molecule has 0 aliphatic carbocycles. The van der Waals surface area contributed by atoms with E-state index in [-0.39, 0.29) is 0 Å². The van der Waals surface area contributed by atoms with Crippen LogP contribution in [0.5, 0.6) is 11.6 Å². The highest BCUT2D eigenvalue weighted by atomic mass is 16.5. The topological polar surface area (TPSA) is 44.2 Å². The number of fused-ring (bicyclic) bond motifs is 1. The zero-order chi connectivity index (χ0) is 13.9. The van der Waals surface area contributed by atoms with Crippen molar-refractivity contribution in [2.75, 3.05) is 14.2 Å². The minimum absolute atomic E-state index is 0.577. The standard InChI is InChI=1S/C16H14N2O2/c1-19-15-10-17-8-7-12(15)13-9-11-5-3-4-6-14(11)18-16(13)20-2/h3-10H,1-2H3. The normalized spacial score (nSPS) is 10.5. The van der Waals surface area contributed by atoms with Gasteiger partial charge in [-0.1, -0.05) is 18.2 Å². The van der Waals surface area contributed by atoms with Crippen LogP contribution in [-0.2, 0) is 0 Å². The first kappa shape index (κ1) is 12.4. The lowest BCUT2D eigenvalue weighted by Gasteiger charge is -2.12. The van der Waals surface area contributed by atoms with E-state index in [1.165, 1.54) is 0 Å². The number of nitrogens with zero attached hydrogens (tertiary/aromatic N) is 2. The van der Waals surface area contributed by atoms with E-state index < -0.39 is 0 Å². The molecule has 4 heteroatoms. The van der Waals surface area contributed by atoms with Crippen molar-refractivity contribution in [1.82, 2.24) is 9.97 Å². The van der Waals surface area contributed by atoms with Crippen LogP contribution in [0, 0.1) is 0 Å². The quantitative estimate of drug-likeness (QED) is 0.729. The molecule has 20 heavy (non-hydrogen) atoms. The molecule has 2 aromatic heterocycles. The maximum atomic E-state index is 5.42. The van der Waals surface area contributed by atoms with Crippen molar-refractivity contribution in [3.05, 3.63) is 48.8 Å². The fraction of sp³-hybridized carbons (Fsp3) is 0.125. The van der Waals surface area contributed by atoms with Gasteiger partial charge >= 0.3 is 0 Å². The summed E-state index contributed by atoms with van der Waals surface area (Å²) in [6.45, 7) is 0. The number of benzene rings is 1. The molecule has 0 N–H and O–H groups in total. The van der Waals surface area contributed by atoms with Crippen molar-refractivity contribution in [3.63, 3.8) is 0 Å². The fourth-order valence-electron chi connectivity index (χ4n) is 2.21. The molecule has 2 heterocycles. The van der Waals surface area contributed by atoms with Crippen LogP contribution >= 0.6 is 0 Å². The Morgan fingerprint density at radius 3 is 2.60 bits per heavy atom. The summed E-state index contributed by atoms with van der Waals surface area (Å²) in [5.41, 5.74) is 2.71. The molecule has 0 saturated carbocycles. The third-order valence-electron chi connectivity index (χ3n) is 3.18. The third-order valence-corrected chi connectivity index (χ3v) is 3.18.